The lowest BCUT2D eigenvalue weighted by Gasteiger charge is -2.38. The molecule has 2 N–H and O–H groups in total. The fraction of sp³-hybridized carbons (Fsp3) is 0.647. The molecule has 2 aliphatic rings. The van der Waals surface area contributed by atoms with Crippen LogP contribution in [-0.2, 0) is 0 Å². The molecular weight excluding hydrogens is 234 g/mol. The topological polar surface area (TPSA) is 32.3 Å². The molecule has 2 nitrogen and oxygen atoms in total. The number of benzene rings is 1. The lowest BCUT2D eigenvalue weighted by atomic mass is 9.72. The molecular formula is C17H25NO. The fourth-order valence-electron chi connectivity index (χ4n) is 3.93. The van der Waals surface area contributed by atoms with Gasteiger partial charge in [-0.1, -0.05) is 44.0 Å². The van der Waals surface area contributed by atoms with Crippen LogP contribution in [0, 0.1) is 5.92 Å². The monoisotopic (exact) mass is 259 g/mol. The number of aliphatic hydroxyl groups excluding tert-OH is 1. The quantitative estimate of drug-likeness (QED) is 0.810. The predicted octanol–water partition coefficient (Wildman–Crippen LogP) is 3.38. The maximum Gasteiger partial charge on any atom is 0.0836 e. The Morgan fingerprint density at radius 1 is 1.11 bits per heavy atom. The number of hydrogen-bond donors (Lipinski definition) is 2. The summed E-state index contributed by atoms with van der Waals surface area (Å²) in [5.41, 5.74) is 2.51. The van der Waals surface area contributed by atoms with Crippen LogP contribution in [0.2, 0.25) is 0 Å². The van der Waals surface area contributed by atoms with E-state index in [1.165, 1.54) is 31.2 Å². The highest BCUT2D eigenvalue weighted by Crippen LogP contribution is 2.43. The van der Waals surface area contributed by atoms with Crippen molar-refractivity contribution in [1.82, 2.24) is 5.32 Å². The van der Waals surface area contributed by atoms with Crippen molar-refractivity contribution in [2.24, 2.45) is 5.92 Å². The maximum absolute atomic E-state index is 10.7. The van der Waals surface area contributed by atoms with Crippen molar-refractivity contribution in [2.45, 2.75) is 57.1 Å². The number of hydrogen-bond acceptors (Lipinski definition) is 2. The van der Waals surface area contributed by atoms with E-state index in [1.807, 2.05) is 0 Å². The van der Waals surface area contributed by atoms with E-state index in [1.54, 1.807) is 0 Å². The fourth-order valence-corrected chi connectivity index (χ4v) is 3.93. The second-order valence-electron chi connectivity index (χ2n) is 6.28. The van der Waals surface area contributed by atoms with Crippen molar-refractivity contribution in [3.8, 4) is 0 Å². The highest BCUT2D eigenvalue weighted by Gasteiger charge is 2.36. The standard InChI is InChI=1S/C17H25NO/c1-12-11-15(16-9-3-2-6-10-18-16)17(19)14-8-5-4-7-13(12)14/h4-5,7-8,12,15-19H,2-3,6,9-11H2,1H3. The van der Waals surface area contributed by atoms with E-state index in [2.05, 4.69) is 36.5 Å². The van der Waals surface area contributed by atoms with Crippen molar-refractivity contribution in [1.29, 1.82) is 0 Å². The van der Waals surface area contributed by atoms with Crippen LogP contribution in [0.4, 0.5) is 0 Å². The Hall–Kier alpha value is -0.860. The van der Waals surface area contributed by atoms with E-state index >= 15 is 0 Å². The summed E-state index contributed by atoms with van der Waals surface area (Å²) in [6, 6.07) is 8.93. The first-order chi connectivity index (χ1) is 9.27. The van der Waals surface area contributed by atoms with E-state index in [-0.39, 0.29) is 6.10 Å². The summed E-state index contributed by atoms with van der Waals surface area (Å²) in [6.45, 7) is 3.42. The van der Waals surface area contributed by atoms with Gasteiger partial charge in [0.25, 0.3) is 0 Å². The SMILES string of the molecule is CC1CC(C2CCCCCN2)C(O)c2ccccc21. The Morgan fingerprint density at radius 3 is 2.74 bits per heavy atom. The van der Waals surface area contributed by atoms with Crippen LogP contribution in [0.15, 0.2) is 24.3 Å². The predicted molar refractivity (Wildman–Crippen MR) is 78.2 cm³/mol. The van der Waals surface area contributed by atoms with Gasteiger partial charge in [0.05, 0.1) is 6.10 Å². The lowest BCUT2D eigenvalue weighted by Crippen LogP contribution is -2.41. The van der Waals surface area contributed by atoms with Gasteiger partial charge in [0.15, 0.2) is 0 Å². The molecule has 0 aromatic heterocycles. The highest BCUT2D eigenvalue weighted by atomic mass is 16.3. The van der Waals surface area contributed by atoms with Crippen molar-refractivity contribution in [3.05, 3.63) is 35.4 Å². The summed E-state index contributed by atoms with van der Waals surface area (Å²) in [5, 5.41) is 14.4. The van der Waals surface area contributed by atoms with Gasteiger partial charge in [-0.2, -0.15) is 0 Å². The highest BCUT2D eigenvalue weighted by molar-refractivity contribution is 5.35. The van der Waals surface area contributed by atoms with Gasteiger partial charge in [-0.15, -0.1) is 0 Å². The van der Waals surface area contributed by atoms with E-state index in [0.717, 1.165) is 18.5 Å². The molecule has 0 radical (unpaired) electrons. The molecule has 1 aliphatic heterocycles. The van der Waals surface area contributed by atoms with Crippen LogP contribution in [0.3, 0.4) is 0 Å². The first-order valence-corrected chi connectivity index (χ1v) is 7.77. The molecule has 1 aliphatic carbocycles. The van der Waals surface area contributed by atoms with Crippen LogP contribution < -0.4 is 5.32 Å². The molecule has 4 unspecified atom stereocenters. The van der Waals surface area contributed by atoms with Gasteiger partial charge in [-0.25, -0.2) is 0 Å². The molecule has 3 rings (SSSR count). The first kappa shape index (κ1) is 13.1. The molecule has 0 bridgehead atoms. The zero-order valence-electron chi connectivity index (χ0n) is 11.8. The molecule has 0 spiro atoms. The van der Waals surface area contributed by atoms with E-state index in [4.69, 9.17) is 0 Å². The third kappa shape index (κ3) is 2.56. The zero-order valence-corrected chi connectivity index (χ0v) is 11.8. The van der Waals surface area contributed by atoms with Crippen LogP contribution in [0.5, 0.6) is 0 Å². The molecule has 0 saturated carbocycles. The second kappa shape index (κ2) is 5.64. The minimum atomic E-state index is -0.289. The molecule has 1 saturated heterocycles. The number of fused-ring (bicyclic) bond motifs is 1. The summed E-state index contributed by atoms with van der Waals surface area (Å²) < 4.78 is 0. The molecule has 1 aromatic rings. The smallest absolute Gasteiger partial charge is 0.0836 e. The number of aliphatic hydroxyl groups is 1. The molecule has 104 valence electrons. The lowest BCUT2D eigenvalue weighted by molar-refractivity contribution is 0.0625. The van der Waals surface area contributed by atoms with E-state index in [0.29, 0.717) is 17.9 Å². The second-order valence-corrected chi connectivity index (χ2v) is 6.28. The Balaban J connectivity index is 1.84. The Bertz CT molecular complexity index is 423. The van der Waals surface area contributed by atoms with Gasteiger partial charge in [0, 0.05) is 12.0 Å². The molecule has 4 atom stereocenters. The summed E-state index contributed by atoms with van der Waals surface area (Å²) in [6.07, 6.45) is 5.95. The van der Waals surface area contributed by atoms with Crippen LogP contribution in [0.1, 0.15) is 62.2 Å². The number of rotatable bonds is 1. The Labute approximate surface area is 116 Å². The van der Waals surface area contributed by atoms with Crippen molar-refractivity contribution >= 4 is 0 Å². The maximum atomic E-state index is 10.7. The van der Waals surface area contributed by atoms with Crippen LogP contribution in [-0.4, -0.2) is 17.7 Å². The largest absolute Gasteiger partial charge is 0.388 e. The average molecular weight is 259 g/mol. The van der Waals surface area contributed by atoms with Crippen LogP contribution >= 0.6 is 0 Å². The molecule has 1 aromatic carbocycles. The van der Waals surface area contributed by atoms with Gasteiger partial charge in [0.1, 0.15) is 0 Å². The van der Waals surface area contributed by atoms with Gasteiger partial charge in [-0.3, -0.25) is 0 Å². The van der Waals surface area contributed by atoms with E-state index < -0.39 is 0 Å². The zero-order chi connectivity index (χ0) is 13.2. The molecule has 19 heavy (non-hydrogen) atoms. The minimum absolute atomic E-state index is 0.289. The molecule has 1 heterocycles. The van der Waals surface area contributed by atoms with Crippen LogP contribution in [0.25, 0.3) is 0 Å². The summed E-state index contributed by atoms with van der Waals surface area (Å²) >= 11 is 0. The molecule has 2 heteroatoms. The van der Waals surface area contributed by atoms with Gasteiger partial charge < -0.3 is 10.4 Å². The third-order valence-electron chi connectivity index (χ3n) is 4.99. The van der Waals surface area contributed by atoms with Crippen molar-refractivity contribution in [2.75, 3.05) is 6.54 Å². The van der Waals surface area contributed by atoms with Gasteiger partial charge in [-0.05, 0) is 42.9 Å². The van der Waals surface area contributed by atoms with Gasteiger partial charge in [0.2, 0.25) is 0 Å². The van der Waals surface area contributed by atoms with Crippen molar-refractivity contribution in [3.63, 3.8) is 0 Å². The Kier molecular flexibility index (Phi) is 3.90. The summed E-state index contributed by atoms with van der Waals surface area (Å²) in [4.78, 5) is 0. The Morgan fingerprint density at radius 2 is 1.89 bits per heavy atom. The third-order valence-corrected chi connectivity index (χ3v) is 4.99. The number of nitrogens with one attached hydrogen (secondary N) is 1. The first-order valence-electron chi connectivity index (χ1n) is 7.77. The summed E-state index contributed by atoms with van der Waals surface area (Å²) in [7, 11) is 0. The van der Waals surface area contributed by atoms with Gasteiger partial charge >= 0.3 is 0 Å². The minimum Gasteiger partial charge on any atom is -0.388 e. The van der Waals surface area contributed by atoms with E-state index in [9.17, 15) is 5.11 Å². The normalized spacial score (nSPS) is 35.5. The average Bonchev–Trinajstić information content (AvgIpc) is 2.72. The summed E-state index contributed by atoms with van der Waals surface area (Å²) in [5.74, 6) is 0.942. The van der Waals surface area contributed by atoms with Crippen molar-refractivity contribution < 1.29 is 5.11 Å². The molecule has 0 amide bonds. The molecule has 1 fully saturated rings.